The molecule has 2 aromatic carbocycles. The fourth-order valence-corrected chi connectivity index (χ4v) is 5.25. The number of hydrogen-bond acceptors (Lipinski definition) is 6. The molecule has 0 aliphatic heterocycles. The van der Waals surface area contributed by atoms with Crippen LogP contribution in [0.2, 0.25) is 0 Å². The van der Waals surface area contributed by atoms with Crippen LogP contribution in [0.4, 0.5) is 5.69 Å². The third-order valence-electron chi connectivity index (χ3n) is 5.65. The molecule has 0 aliphatic carbocycles. The lowest BCUT2D eigenvalue weighted by Gasteiger charge is -2.08. The second-order valence-corrected chi connectivity index (χ2v) is 10.2. The topological polar surface area (TPSA) is 86.7 Å². The van der Waals surface area contributed by atoms with Gasteiger partial charge in [0, 0.05) is 18.5 Å². The number of benzene rings is 2. The molecule has 8 nitrogen and oxygen atoms in total. The number of aromatic nitrogens is 5. The van der Waals surface area contributed by atoms with Gasteiger partial charge in [0.15, 0.2) is 5.16 Å². The van der Waals surface area contributed by atoms with E-state index in [-0.39, 0.29) is 22.9 Å². The van der Waals surface area contributed by atoms with Crippen molar-refractivity contribution in [2.24, 2.45) is 7.05 Å². The first-order chi connectivity index (χ1) is 17.4. The minimum atomic E-state index is -0.283. The number of anilines is 1. The zero-order valence-corrected chi connectivity index (χ0v) is 22.1. The molecule has 1 N–H and O–H groups in total. The van der Waals surface area contributed by atoms with E-state index >= 15 is 0 Å². The molecule has 186 valence electrons. The Morgan fingerprint density at radius 1 is 1.06 bits per heavy atom. The highest BCUT2D eigenvalue weighted by Crippen LogP contribution is 2.25. The monoisotopic (exact) mass is 520 g/mol. The van der Waals surface area contributed by atoms with E-state index in [1.54, 1.807) is 29.6 Å². The summed E-state index contributed by atoms with van der Waals surface area (Å²) in [6.07, 6.45) is 1.78. The molecule has 0 bridgehead atoms. The smallest absolute Gasteiger partial charge is 0.295 e. The molecule has 0 fully saturated rings. The number of para-hydroxylation sites is 1. The van der Waals surface area contributed by atoms with Gasteiger partial charge in [-0.05, 0) is 38.1 Å². The van der Waals surface area contributed by atoms with Crippen molar-refractivity contribution in [2.45, 2.75) is 36.2 Å². The van der Waals surface area contributed by atoms with Crippen LogP contribution in [-0.2, 0) is 24.1 Å². The molecule has 0 radical (unpaired) electrons. The van der Waals surface area contributed by atoms with Gasteiger partial charge in [-0.3, -0.25) is 14.3 Å². The van der Waals surface area contributed by atoms with Crippen molar-refractivity contribution in [3.8, 4) is 5.69 Å². The van der Waals surface area contributed by atoms with Gasteiger partial charge in [0.1, 0.15) is 11.5 Å². The van der Waals surface area contributed by atoms with E-state index in [2.05, 4.69) is 53.3 Å². The summed E-state index contributed by atoms with van der Waals surface area (Å²) >= 11 is 2.96. The van der Waals surface area contributed by atoms with E-state index in [9.17, 15) is 9.59 Å². The number of nitrogens with one attached hydrogen (secondary N) is 1. The fraction of sp³-hybridized carbons (Fsp3) is 0.231. The van der Waals surface area contributed by atoms with Crippen LogP contribution < -0.4 is 10.9 Å². The lowest BCUT2D eigenvalue weighted by atomic mass is 10.2. The third-order valence-corrected chi connectivity index (χ3v) is 7.62. The maximum atomic E-state index is 13.1. The summed E-state index contributed by atoms with van der Waals surface area (Å²) in [5, 5.41) is 12.1. The van der Waals surface area contributed by atoms with Gasteiger partial charge in [0.25, 0.3) is 5.56 Å². The van der Waals surface area contributed by atoms with Crippen molar-refractivity contribution in [2.75, 3.05) is 11.1 Å². The molecule has 10 heteroatoms. The normalized spacial score (nSPS) is 11.0. The SMILES string of the molecule is C=CCn1c(CSc2ccc(C)cc2)nnc1SCC(=O)Nc1c(C)n(C)n(-c2ccccc2)c1=O. The quantitative estimate of drug-likeness (QED) is 0.243. The number of hydrogen-bond donors (Lipinski definition) is 1. The maximum Gasteiger partial charge on any atom is 0.295 e. The van der Waals surface area contributed by atoms with Gasteiger partial charge < -0.3 is 9.88 Å². The summed E-state index contributed by atoms with van der Waals surface area (Å²) in [7, 11) is 1.79. The van der Waals surface area contributed by atoms with Crippen molar-refractivity contribution >= 4 is 35.1 Å². The van der Waals surface area contributed by atoms with Crippen LogP contribution in [-0.4, -0.2) is 35.8 Å². The Morgan fingerprint density at radius 3 is 2.47 bits per heavy atom. The maximum absolute atomic E-state index is 13.1. The fourth-order valence-electron chi connectivity index (χ4n) is 3.65. The first-order valence-electron chi connectivity index (χ1n) is 11.4. The van der Waals surface area contributed by atoms with Crippen LogP contribution in [0.1, 0.15) is 17.1 Å². The molecule has 0 aliphatic rings. The molecule has 4 rings (SSSR count). The number of carbonyl (C=O) groups excluding carboxylic acids is 1. The molecule has 0 saturated carbocycles. The van der Waals surface area contributed by atoms with Crippen LogP contribution in [0.3, 0.4) is 0 Å². The average Bonchev–Trinajstić information content (AvgIpc) is 3.36. The Kier molecular flexibility index (Phi) is 8.17. The molecule has 2 aromatic heterocycles. The Bertz CT molecular complexity index is 1420. The molecular formula is C26H28N6O2S2. The average molecular weight is 521 g/mol. The van der Waals surface area contributed by atoms with Crippen molar-refractivity contribution in [3.05, 3.63) is 94.7 Å². The lowest BCUT2D eigenvalue weighted by Crippen LogP contribution is -2.23. The zero-order valence-electron chi connectivity index (χ0n) is 20.5. The summed E-state index contributed by atoms with van der Waals surface area (Å²) in [6.45, 7) is 8.25. The van der Waals surface area contributed by atoms with Crippen LogP contribution in [0.5, 0.6) is 0 Å². The van der Waals surface area contributed by atoms with Gasteiger partial charge in [-0.25, -0.2) is 4.68 Å². The van der Waals surface area contributed by atoms with E-state index in [0.717, 1.165) is 16.4 Å². The molecule has 0 spiro atoms. The Balaban J connectivity index is 1.43. The number of carbonyl (C=O) groups is 1. The second kappa shape index (κ2) is 11.5. The van der Waals surface area contributed by atoms with Gasteiger partial charge in [-0.1, -0.05) is 53.7 Å². The molecule has 0 atom stereocenters. The Hall–Kier alpha value is -3.50. The molecule has 0 saturated heterocycles. The highest BCUT2D eigenvalue weighted by Gasteiger charge is 2.19. The van der Waals surface area contributed by atoms with E-state index in [1.165, 1.54) is 22.0 Å². The predicted molar refractivity (Wildman–Crippen MR) is 146 cm³/mol. The number of amides is 1. The van der Waals surface area contributed by atoms with Crippen LogP contribution in [0, 0.1) is 13.8 Å². The molecule has 1 amide bonds. The van der Waals surface area contributed by atoms with E-state index in [4.69, 9.17) is 0 Å². The largest absolute Gasteiger partial charge is 0.319 e. The second-order valence-electron chi connectivity index (χ2n) is 8.17. The molecule has 0 unspecified atom stereocenters. The third kappa shape index (κ3) is 5.66. The van der Waals surface area contributed by atoms with Gasteiger partial charge >= 0.3 is 0 Å². The first kappa shape index (κ1) is 25.6. The van der Waals surface area contributed by atoms with Gasteiger partial charge in [0.2, 0.25) is 5.91 Å². The van der Waals surface area contributed by atoms with Gasteiger partial charge in [-0.2, -0.15) is 0 Å². The summed E-state index contributed by atoms with van der Waals surface area (Å²) in [5.41, 5.74) is 2.62. The van der Waals surface area contributed by atoms with Crippen molar-refractivity contribution in [1.82, 2.24) is 24.1 Å². The predicted octanol–water partition coefficient (Wildman–Crippen LogP) is 4.59. The summed E-state index contributed by atoms with van der Waals surface area (Å²) in [4.78, 5) is 27.0. The van der Waals surface area contributed by atoms with E-state index < -0.39 is 0 Å². The molecule has 2 heterocycles. The van der Waals surface area contributed by atoms with Gasteiger partial charge in [0.05, 0.1) is 22.9 Å². The molecule has 4 aromatic rings. The number of rotatable bonds is 10. The summed E-state index contributed by atoms with van der Waals surface area (Å²) in [5.74, 6) is 1.28. The zero-order chi connectivity index (χ0) is 25.7. The number of thioether (sulfide) groups is 2. The molecular weight excluding hydrogens is 492 g/mol. The van der Waals surface area contributed by atoms with Gasteiger partial charge in [-0.15, -0.1) is 28.5 Å². The number of nitrogens with zero attached hydrogens (tertiary/aromatic N) is 5. The number of allylic oxidation sites excluding steroid dienone is 1. The van der Waals surface area contributed by atoms with Crippen molar-refractivity contribution < 1.29 is 4.79 Å². The van der Waals surface area contributed by atoms with Crippen LogP contribution in [0.25, 0.3) is 5.69 Å². The molecule has 36 heavy (non-hydrogen) atoms. The highest BCUT2D eigenvalue weighted by atomic mass is 32.2. The lowest BCUT2D eigenvalue weighted by molar-refractivity contribution is -0.113. The van der Waals surface area contributed by atoms with Crippen molar-refractivity contribution in [3.63, 3.8) is 0 Å². The summed E-state index contributed by atoms with van der Waals surface area (Å²) in [6, 6.07) is 17.7. The minimum absolute atomic E-state index is 0.0967. The van der Waals surface area contributed by atoms with E-state index in [1.807, 2.05) is 41.8 Å². The van der Waals surface area contributed by atoms with Crippen LogP contribution in [0.15, 0.2) is 82.1 Å². The summed E-state index contributed by atoms with van der Waals surface area (Å²) < 4.78 is 5.23. The minimum Gasteiger partial charge on any atom is -0.319 e. The van der Waals surface area contributed by atoms with E-state index in [0.29, 0.717) is 23.1 Å². The Labute approximate surface area is 218 Å². The van der Waals surface area contributed by atoms with Crippen LogP contribution >= 0.6 is 23.5 Å². The standard InChI is InChI=1S/C26H28N6O2S2/c1-5-15-31-22(16-35-21-13-11-18(2)12-14-21)28-29-26(31)36-17-23(33)27-24-19(3)30(4)32(25(24)34)20-9-7-6-8-10-20/h5-14H,1,15-17H2,2-4H3,(H,27,33). The number of aryl methyl sites for hydroxylation is 1. The van der Waals surface area contributed by atoms with Crippen molar-refractivity contribution in [1.29, 1.82) is 0 Å². The highest BCUT2D eigenvalue weighted by molar-refractivity contribution is 7.99. The first-order valence-corrected chi connectivity index (χ1v) is 13.3. The Morgan fingerprint density at radius 2 is 1.78 bits per heavy atom.